The van der Waals surface area contributed by atoms with Gasteiger partial charge >= 0.3 is 0 Å². The highest BCUT2D eigenvalue weighted by atomic mass is 16.5. The van der Waals surface area contributed by atoms with E-state index in [0.29, 0.717) is 18.0 Å². The summed E-state index contributed by atoms with van der Waals surface area (Å²) in [6, 6.07) is 9.46. The molecular weight excluding hydrogens is 248 g/mol. The zero-order valence-corrected chi connectivity index (χ0v) is 12.6. The molecule has 1 aromatic rings. The molecule has 3 heteroatoms. The minimum Gasteiger partial charge on any atom is -0.497 e. The predicted molar refractivity (Wildman–Crippen MR) is 82.1 cm³/mol. The third kappa shape index (κ3) is 2.99. The molecule has 3 rings (SSSR count). The van der Waals surface area contributed by atoms with Gasteiger partial charge in [0.15, 0.2) is 0 Å². The molecule has 0 bridgehead atoms. The first-order valence-corrected chi connectivity index (χ1v) is 7.81. The molecule has 1 aliphatic carbocycles. The number of methoxy groups -OCH3 is 1. The van der Waals surface area contributed by atoms with Crippen molar-refractivity contribution >= 4 is 0 Å². The van der Waals surface area contributed by atoms with Crippen LogP contribution in [0.3, 0.4) is 0 Å². The molecule has 1 heterocycles. The highest BCUT2D eigenvalue weighted by molar-refractivity contribution is 5.31. The normalized spacial score (nSPS) is 29.1. The van der Waals surface area contributed by atoms with Gasteiger partial charge in [-0.25, -0.2) is 0 Å². The molecule has 3 nitrogen and oxygen atoms in total. The Kier molecular flexibility index (Phi) is 3.99. The van der Waals surface area contributed by atoms with E-state index in [1.165, 1.54) is 18.4 Å². The molecule has 1 aromatic carbocycles. The molecule has 20 heavy (non-hydrogen) atoms. The molecule has 0 radical (unpaired) electrons. The molecular formula is C17H26N2O. The van der Waals surface area contributed by atoms with Crippen LogP contribution in [0.2, 0.25) is 0 Å². The lowest BCUT2D eigenvalue weighted by atomic mass is 9.87. The monoisotopic (exact) mass is 274 g/mol. The van der Waals surface area contributed by atoms with Crippen LogP contribution in [0.4, 0.5) is 0 Å². The van der Waals surface area contributed by atoms with Crippen LogP contribution in [0.15, 0.2) is 24.3 Å². The van der Waals surface area contributed by atoms with Crippen LogP contribution in [0.1, 0.15) is 37.7 Å². The van der Waals surface area contributed by atoms with Crippen molar-refractivity contribution in [2.24, 2.45) is 11.7 Å². The molecule has 0 amide bonds. The first kappa shape index (κ1) is 13.9. The Hall–Kier alpha value is -1.06. The zero-order valence-electron chi connectivity index (χ0n) is 12.6. The smallest absolute Gasteiger partial charge is 0.119 e. The molecule has 2 aliphatic rings. The zero-order chi connectivity index (χ0) is 14.1. The van der Waals surface area contributed by atoms with Crippen LogP contribution >= 0.6 is 0 Å². The van der Waals surface area contributed by atoms with E-state index in [1.807, 2.05) is 6.07 Å². The third-order valence-corrected chi connectivity index (χ3v) is 4.96. The van der Waals surface area contributed by atoms with Gasteiger partial charge < -0.3 is 10.5 Å². The van der Waals surface area contributed by atoms with Gasteiger partial charge in [0.1, 0.15) is 5.75 Å². The van der Waals surface area contributed by atoms with Gasteiger partial charge in [-0.15, -0.1) is 0 Å². The molecule has 3 unspecified atom stereocenters. The number of piperidine rings is 1. The second-order valence-corrected chi connectivity index (χ2v) is 6.50. The molecule has 0 aromatic heterocycles. The summed E-state index contributed by atoms with van der Waals surface area (Å²) in [5, 5.41) is 0. The lowest BCUT2D eigenvalue weighted by molar-refractivity contribution is 0.130. The number of hydrogen-bond donors (Lipinski definition) is 1. The first-order chi connectivity index (χ1) is 9.67. The topological polar surface area (TPSA) is 38.5 Å². The minimum absolute atomic E-state index is 0.293. The number of ether oxygens (including phenoxy) is 1. The van der Waals surface area contributed by atoms with E-state index in [2.05, 4.69) is 30.0 Å². The van der Waals surface area contributed by atoms with Crippen LogP contribution in [0, 0.1) is 5.92 Å². The average molecular weight is 274 g/mol. The fourth-order valence-electron chi connectivity index (χ4n) is 3.52. The predicted octanol–water partition coefficient (Wildman–Crippen LogP) is 2.61. The molecule has 2 fully saturated rings. The van der Waals surface area contributed by atoms with Crippen LogP contribution in [-0.4, -0.2) is 37.2 Å². The van der Waals surface area contributed by atoms with Gasteiger partial charge in [-0.2, -0.15) is 0 Å². The molecule has 2 N–H and O–H groups in total. The van der Waals surface area contributed by atoms with Crippen molar-refractivity contribution in [3.8, 4) is 5.75 Å². The van der Waals surface area contributed by atoms with Gasteiger partial charge in [0.2, 0.25) is 0 Å². The highest BCUT2D eigenvalue weighted by Crippen LogP contribution is 2.38. The number of rotatable bonds is 4. The van der Waals surface area contributed by atoms with Crippen molar-refractivity contribution in [1.29, 1.82) is 0 Å². The maximum Gasteiger partial charge on any atom is 0.119 e. The first-order valence-electron chi connectivity index (χ1n) is 7.81. The highest BCUT2D eigenvalue weighted by Gasteiger charge is 2.36. The van der Waals surface area contributed by atoms with Crippen LogP contribution in [0.25, 0.3) is 0 Å². The van der Waals surface area contributed by atoms with Crippen LogP contribution in [0.5, 0.6) is 5.75 Å². The molecule has 1 aliphatic heterocycles. The second kappa shape index (κ2) is 5.74. The fourth-order valence-corrected chi connectivity index (χ4v) is 3.52. The Labute approximate surface area is 122 Å². The number of hydrogen-bond acceptors (Lipinski definition) is 3. The quantitative estimate of drug-likeness (QED) is 0.917. The van der Waals surface area contributed by atoms with Crippen molar-refractivity contribution in [2.45, 2.75) is 44.2 Å². The van der Waals surface area contributed by atoms with Gasteiger partial charge in [-0.05, 0) is 55.7 Å². The summed E-state index contributed by atoms with van der Waals surface area (Å²) in [5.41, 5.74) is 7.68. The van der Waals surface area contributed by atoms with Crippen molar-refractivity contribution < 1.29 is 4.74 Å². The summed E-state index contributed by atoms with van der Waals surface area (Å²) in [6.45, 7) is 4.56. The fraction of sp³-hybridized carbons (Fsp3) is 0.647. The lowest BCUT2D eigenvalue weighted by Gasteiger charge is -2.40. The van der Waals surface area contributed by atoms with Gasteiger partial charge in [0.25, 0.3) is 0 Å². The van der Waals surface area contributed by atoms with Gasteiger partial charge in [-0.1, -0.05) is 12.1 Å². The van der Waals surface area contributed by atoms with E-state index in [9.17, 15) is 0 Å². The summed E-state index contributed by atoms with van der Waals surface area (Å²) in [7, 11) is 1.73. The number of nitrogens with two attached hydrogens (primary N) is 1. The van der Waals surface area contributed by atoms with Gasteiger partial charge in [0.05, 0.1) is 7.11 Å². The largest absolute Gasteiger partial charge is 0.497 e. The van der Waals surface area contributed by atoms with E-state index in [0.717, 1.165) is 31.2 Å². The number of likely N-dealkylation sites (tertiary alicyclic amines) is 1. The standard InChI is InChI=1S/C17H26N2O/c1-12(13-6-7-13)19-10-15(8-16(18)11-19)14-4-3-5-17(9-14)20-2/h3-5,9,12-13,15-16H,6-8,10-11,18H2,1-2H3. The van der Waals surface area contributed by atoms with E-state index in [1.54, 1.807) is 7.11 Å². The maximum atomic E-state index is 6.31. The molecule has 1 saturated heterocycles. The molecule has 0 spiro atoms. The summed E-state index contributed by atoms with van der Waals surface area (Å²) in [5.74, 6) is 2.39. The molecule has 1 saturated carbocycles. The van der Waals surface area contributed by atoms with Crippen molar-refractivity contribution in [3.05, 3.63) is 29.8 Å². The summed E-state index contributed by atoms with van der Waals surface area (Å²) < 4.78 is 5.35. The summed E-state index contributed by atoms with van der Waals surface area (Å²) in [6.07, 6.45) is 3.88. The van der Waals surface area contributed by atoms with Crippen LogP contribution in [-0.2, 0) is 0 Å². The van der Waals surface area contributed by atoms with E-state index in [-0.39, 0.29) is 0 Å². The SMILES string of the molecule is COc1cccc(C2CC(N)CN(C(C)C3CC3)C2)c1. The third-order valence-electron chi connectivity index (χ3n) is 4.96. The van der Waals surface area contributed by atoms with Gasteiger partial charge in [0, 0.05) is 25.2 Å². The number of nitrogens with zero attached hydrogens (tertiary/aromatic N) is 1. The lowest BCUT2D eigenvalue weighted by Crippen LogP contribution is -2.50. The maximum absolute atomic E-state index is 6.31. The van der Waals surface area contributed by atoms with Crippen molar-refractivity contribution in [2.75, 3.05) is 20.2 Å². The van der Waals surface area contributed by atoms with Crippen molar-refractivity contribution in [3.63, 3.8) is 0 Å². The number of benzene rings is 1. The molecule has 3 atom stereocenters. The average Bonchev–Trinajstić information content (AvgIpc) is 3.30. The van der Waals surface area contributed by atoms with E-state index in [4.69, 9.17) is 10.5 Å². The Morgan fingerprint density at radius 2 is 2.10 bits per heavy atom. The summed E-state index contributed by atoms with van der Waals surface area (Å²) >= 11 is 0. The van der Waals surface area contributed by atoms with Crippen LogP contribution < -0.4 is 10.5 Å². The Bertz CT molecular complexity index is 458. The Balaban J connectivity index is 1.74. The van der Waals surface area contributed by atoms with Gasteiger partial charge in [-0.3, -0.25) is 4.90 Å². The van der Waals surface area contributed by atoms with Crippen molar-refractivity contribution in [1.82, 2.24) is 4.90 Å². The minimum atomic E-state index is 0.293. The second-order valence-electron chi connectivity index (χ2n) is 6.50. The Morgan fingerprint density at radius 3 is 2.80 bits per heavy atom. The van der Waals surface area contributed by atoms with E-state index < -0.39 is 0 Å². The Morgan fingerprint density at radius 1 is 1.30 bits per heavy atom. The van der Waals surface area contributed by atoms with E-state index >= 15 is 0 Å². The summed E-state index contributed by atoms with van der Waals surface area (Å²) in [4.78, 5) is 2.61. The molecule has 110 valence electrons.